The van der Waals surface area contributed by atoms with Gasteiger partial charge in [0, 0.05) is 6.07 Å². The van der Waals surface area contributed by atoms with E-state index < -0.39 is 35.7 Å². The summed E-state index contributed by atoms with van der Waals surface area (Å²) < 4.78 is 36.5. The van der Waals surface area contributed by atoms with Crippen LogP contribution in [0.15, 0.2) is 18.2 Å². The normalized spacial score (nSPS) is 14.9. The topological polar surface area (TPSA) is 89.8 Å². The minimum atomic E-state index is -4.59. The zero-order valence-electron chi connectivity index (χ0n) is 9.82. The number of aromatic hydroxyl groups is 2. The number of halogens is 3. The van der Waals surface area contributed by atoms with E-state index in [2.05, 4.69) is 0 Å². The molecule has 19 heavy (non-hydrogen) atoms. The number of phenols is 2. The summed E-state index contributed by atoms with van der Waals surface area (Å²) in [6.07, 6.45) is -4.59. The van der Waals surface area contributed by atoms with Crippen molar-refractivity contribution in [3.8, 4) is 11.5 Å². The summed E-state index contributed by atoms with van der Waals surface area (Å²) in [5, 5.41) is 29.5. The van der Waals surface area contributed by atoms with Crippen LogP contribution in [-0.2, 0) is 10.3 Å². The molecule has 1 aromatic rings. The van der Waals surface area contributed by atoms with Gasteiger partial charge in [-0.05, 0) is 24.6 Å². The summed E-state index contributed by atoms with van der Waals surface area (Å²) in [5.41, 5.74) is -2.28. The fraction of sp³-hybridized carbons (Fsp3) is 0.364. The fourth-order valence-corrected chi connectivity index (χ4v) is 1.46. The molecule has 0 aromatic heterocycles. The number of alkyl halides is 3. The molecule has 1 rings (SSSR count). The number of hydrogen-bond acceptors (Lipinski definition) is 4. The second-order valence-corrected chi connectivity index (χ2v) is 4.14. The number of phenolic OH excluding ortho intramolecular Hbond substituents is 2. The number of carboxylic acid groups (broad SMARTS) is 1. The molecule has 1 aromatic carbocycles. The van der Waals surface area contributed by atoms with Crippen molar-refractivity contribution in [2.24, 2.45) is 0 Å². The van der Waals surface area contributed by atoms with E-state index in [1.54, 1.807) is 0 Å². The van der Waals surface area contributed by atoms with E-state index in [9.17, 15) is 28.2 Å². The van der Waals surface area contributed by atoms with Gasteiger partial charge >= 0.3 is 12.1 Å². The lowest BCUT2D eigenvalue weighted by Gasteiger charge is -2.27. The summed E-state index contributed by atoms with van der Waals surface area (Å²) in [6, 6.07) is 2.88. The standard InChI is InChI=1S/C11H12F3NO4/c1-10(9(18)19,15-5-11(12,13)14)6-2-7(16)4-8(17)3-6/h2-4,15-17H,5H2,1H3,(H,18,19). The fourth-order valence-electron chi connectivity index (χ4n) is 1.46. The summed E-state index contributed by atoms with van der Waals surface area (Å²) in [7, 11) is 0. The smallest absolute Gasteiger partial charge is 0.401 e. The van der Waals surface area contributed by atoms with Crippen molar-refractivity contribution < 1.29 is 33.3 Å². The van der Waals surface area contributed by atoms with Crippen LogP contribution in [0.4, 0.5) is 13.2 Å². The lowest BCUT2D eigenvalue weighted by Crippen LogP contribution is -2.50. The van der Waals surface area contributed by atoms with Gasteiger partial charge in [-0.1, -0.05) is 0 Å². The quantitative estimate of drug-likeness (QED) is 0.671. The van der Waals surface area contributed by atoms with E-state index in [4.69, 9.17) is 5.11 Å². The third kappa shape index (κ3) is 3.75. The molecule has 0 amide bonds. The zero-order valence-corrected chi connectivity index (χ0v) is 9.82. The lowest BCUT2D eigenvalue weighted by molar-refractivity contribution is -0.150. The first-order valence-electron chi connectivity index (χ1n) is 5.13. The van der Waals surface area contributed by atoms with Gasteiger partial charge < -0.3 is 15.3 Å². The molecule has 0 heterocycles. The van der Waals surface area contributed by atoms with Gasteiger partial charge in [0.05, 0.1) is 6.54 Å². The van der Waals surface area contributed by atoms with Gasteiger partial charge in [-0.3, -0.25) is 5.32 Å². The van der Waals surface area contributed by atoms with Crippen LogP contribution in [0.1, 0.15) is 12.5 Å². The SMILES string of the molecule is CC(NCC(F)(F)F)(C(=O)O)c1cc(O)cc(O)c1. The van der Waals surface area contributed by atoms with E-state index >= 15 is 0 Å². The molecule has 4 N–H and O–H groups in total. The third-order valence-electron chi connectivity index (χ3n) is 2.55. The molecule has 0 spiro atoms. The monoisotopic (exact) mass is 279 g/mol. The summed E-state index contributed by atoms with van der Waals surface area (Å²) >= 11 is 0. The largest absolute Gasteiger partial charge is 0.508 e. The third-order valence-corrected chi connectivity index (χ3v) is 2.55. The molecule has 0 radical (unpaired) electrons. The van der Waals surface area contributed by atoms with Gasteiger partial charge in [0.25, 0.3) is 0 Å². The molecule has 0 aliphatic heterocycles. The number of benzene rings is 1. The number of carboxylic acids is 1. The van der Waals surface area contributed by atoms with Crippen molar-refractivity contribution in [2.45, 2.75) is 18.6 Å². The minimum Gasteiger partial charge on any atom is -0.508 e. The molecule has 5 nitrogen and oxygen atoms in total. The molecule has 0 fully saturated rings. The van der Waals surface area contributed by atoms with Crippen molar-refractivity contribution in [1.82, 2.24) is 5.32 Å². The molecule has 0 saturated carbocycles. The van der Waals surface area contributed by atoms with Crippen LogP contribution in [0.3, 0.4) is 0 Å². The van der Waals surface area contributed by atoms with Crippen molar-refractivity contribution in [3.63, 3.8) is 0 Å². The van der Waals surface area contributed by atoms with Crippen molar-refractivity contribution in [3.05, 3.63) is 23.8 Å². The zero-order chi connectivity index (χ0) is 14.8. The molecular formula is C11H12F3NO4. The maximum absolute atomic E-state index is 12.2. The Kier molecular flexibility index (Phi) is 3.94. The molecule has 0 aliphatic carbocycles. The highest BCUT2D eigenvalue weighted by molar-refractivity contribution is 5.80. The van der Waals surface area contributed by atoms with Gasteiger partial charge in [0.2, 0.25) is 0 Å². The Bertz CT molecular complexity index is 469. The Hall–Kier alpha value is -1.96. The number of rotatable bonds is 4. The molecule has 8 heteroatoms. The van der Waals surface area contributed by atoms with Crippen LogP contribution < -0.4 is 5.32 Å². The Balaban J connectivity index is 3.15. The Morgan fingerprint density at radius 2 is 1.68 bits per heavy atom. The van der Waals surface area contributed by atoms with Crippen LogP contribution in [0.25, 0.3) is 0 Å². The first-order chi connectivity index (χ1) is 8.54. The maximum Gasteiger partial charge on any atom is 0.401 e. The average molecular weight is 279 g/mol. The summed E-state index contributed by atoms with van der Waals surface area (Å²) in [6.45, 7) is -0.512. The second kappa shape index (κ2) is 4.96. The first-order valence-corrected chi connectivity index (χ1v) is 5.13. The average Bonchev–Trinajstić information content (AvgIpc) is 2.23. The van der Waals surface area contributed by atoms with Gasteiger partial charge in [0.1, 0.15) is 17.0 Å². The van der Waals surface area contributed by atoms with E-state index in [1.807, 2.05) is 5.32 Å². The predicted octanol–water partition coefficient (Wildman–Crippen LogP) is 1.55. The maximum atomic E-state index is 12.2. The second-order valence-electron chi connectivity index (χ2n) is 4.14. The Morgan fingerprint density at radius 3 is 2.05 bits per heavy atom. The molecule has 0 bridgehead atoms. The Morgan fingerprint density at radius 1 is 1.21 bits per heavy atom. The van der Waals surface area contributed by atoms with Gasteiger partial charge in [-0.25, -0.2) is 4.79 Å². The summed E-state index contributed by atoms with van der Waals surface area (Å²) in [5.74, 6) is -2.46. The van der Waals surface area contributed by atoms with E-state index in [1.165, 1.54) is 0 Å². The molecule has 106 valence electrons. The molecule has 0 saturated heterocycles. The predicted molar refractivity (Wildman–Crippen MR) is 58.8 cm³/mol. The van der Waals surface area contributed by atoms with Crippen LogP contribution in [0.2, 0.25) is 0 Å². The molecule has 0 aliphatic rings. The van der Waals surface area contributed by atoms with Crippen molar-refractivity contribution >= 4 is 5.97 Å². The van der Waals surface area contributed by atoms with E-state index in [0.29, 0.717) is 0 Å². The van der Waals surface area contributed by atoms with E-state index in [-0.39, 0.29) is 5.56 Å². The van der Waals surface area contributed by atoms with Gasteiger partial charge in [-0.15, -0.1) is 0 Å². The molecule has 1 atom stereocenters. The van der Waals surface area contributed by atoms with Crippen LogP contribution >= 0.6 is 0 Å². The Labute approximate surface area is 106 Å². The lowest BCUT2D eigenvalue weighted by atomic mass is 9.91. The molecule has 1 unspecified atom stereocenters. The number of nitrogens with one attached hydrogen (secondary N) is 1. The van der Waals surface area contributed by atoms with E-state index in [0.717, 1.165) is 25.1 Å². The molecular weight excluding hydrogens is 267 g/mol. The van der Waals surface area contributed by atoms with Gasteiger partial charge in [0.15, 0.2) is 0 Å². The highest BCUT2D eigenvalue weighted by Gasteiger charge is 2.39. The highest BCUT2D eigenvalue weighted by atomic mass is 19.4. The van der Waals surface area contributed by atoms with Crippen molar-refractivity contribution in [1.29, 1.82) is 0 Å². The first kappa shape index (κ1) is 15.1. The summed E-state index contributed by atoms with van der Waals surface area (Å²) in [4.78, 5) is 11.2. The van der Waals surface area contributed by atoms with Crippen molar-refractivity contribution in [2.75, 3.05) is 6.54 Å². The minimum absolute atomic E-state index is 0.193. The number of carbonyl (C=O) groups is 1. The number of hydrogen-bond donors (Lipinski definition) is 4. The van der Waals surface area contributed by atoms with Gasteiger partial charge in [-0.2, -0.15) is 13.2 Å². The highest BCUT2D eigenvalue weighted by Crippen LogP contribution is 2.30. The number of aliphatic carboxylic acids is 1. The van der Waals surface area contributed by atoms with Crippen LogP contribution in [0.5, 0.6) is 11.5 Å². The van der Waals surface area contributed by atoms with Crippen LogP contribution in [0, 0.1) is 0 Å². The van der Waals surface area contributed by atoms with Crippen LogP contribution in [-0.4, -0.2) is 34.0 Å².